The van der Waals surface area contributed by atoms with E-state index in [1.165, 1.54) is 27.4 Å². The van der Waals surface area contributed by atoms with Gasteiger partial charge in [0.25, 0.3) is 5.91 Å². The van der Waals surface area contributed by atoms with Crippen molar-refractivity contribution in [2.75, 3.05) is 0 Å². The summed E-state index contributed by atoms with van der Waals surface area (Å²) in [5.74, 6) is 0.384. The predicted octanol–water partition coefficient (Wildman–Crippen LogP) is 3.44. The summed E-state index contributed by atoms with van der Waals surface area (Å²) in [5.41, 5.74) is 0.913. The molecule has 0 atom stereocenters. The first-order valence-corrected chi connectivity index (χ1v) is 9.88. The largest absolute Gasteiger partial charge is 0.270 e. The molecule has 0 aliphatic carbocycles. The van der Waals surface area contributed by atoms with E-state index < -0.39 is 0 Å². The number of carbonyl (C=O) groups is 1. The molecule has 0 aliphatic rings. The molecule has 0 N–H and O–H groups in total. The van der Waals surface area contributed by atoms with Gasteiger partial charge in [0.1, 0.15) is 6.54 Å². The van der Waals surface area contributed by atoms with Crippen LogP contribution in [0.2, 0.25) is 0 Å². The van der Waals surface area contributed by atoms with Gasteiger partial charge in [0.2, 0.25) is 4.77 Å². The van der Waals surface area contributed by atoms with Crippen molar-refractivity contribution in [2.45, 2.75) is 6.54 Å². The Balaban J connectivity index is 1.78. The zero-order chi connectivity index (χ0) is 17.9. The summed E-state index contributed by atoms with van der Waals surface area (Å²) < 4.78 is 6.30. The van der Waals surface area contributed by atoms with Crippen molar-refractivity contribution >= 4 is 40.8 Å². The van der Waals surface area contributed by atoms with Crippen LogP contribution in [0.5, 0.6) is 0 Å². The summed E-state index contributed by atoms with van der Waals surface area (Å²) in [5, 5.41) is 8.38. The third-order valence-corrected chi connectivity index (χ3v) is 5.83. The second-order valence-corrected chi connectivity index (χ2v) is 7.70. The second kappa shape index (κ2) is 7.32. The van der Waals surface area contributed by atoms with Gasteiger partial charge >= 0.3 is 0 Å². The Hall–Kier alpha value is -2.62. The van der Waals surface area contributed by atoms with Crippen molar-refractivity contribution in [1.82, 2.24) is 19.1 Å². The van der Waals surface area contributed by atoms with Crippen molar-refractivity contribution in [3.8, 4) is 11.4 Å². The predicted molar refractivity (Wildman–Crippen MR) is 104 cm³/mol. The smallest absolute Gasteiger partial charge is 0.269 e. The first-order chi connectivity index (χ1) is 12.7. The molecule has 0 radical (unpaired) electrons. The Bertz CT molecular complexity index is 1130. The maximum atomic E-state index is 12.3. The van der Waals surface area contributed by atoms with Gasteiger partial charge in [-0.05, 0) is 24.4 Å². The van der Waals surface area contributed by atoms with Crippen LogP contribution in [0.1, 0.15) is 0 Å². The van der Waals surface area contributed by atoms with Gasteiger partial charge in [-0.25, -0.2) is 9.36 Å². The highest BCUT2D eigenvalue weighted by Gasteiger charge is 2.15. The first-order valence-electron chi connectivity index (χ1n) is 7.71. The Morgan fingerprint density at radius 2 is 1.77 bits per heavy atom. The van der Waals surface area contributed by atoms with Gasteiger partial charge in [-0.2, -0.15) is 4.99 Å². The molecule has 6 nitrogen and oxygen atoms in total. The van der Waals surface area contributed by atoms with Crippen molar-refractivity contribution in [3.63, 3.8) is 0 Å². The number of hydrogen-bond acceptors (Lipinski definition) is 5. The van der Waals surface area contributed by atoms with Gasteiger partial charge in [0.05, 0.1) is 0 Å². The zero-order valence-corrected chi connectivity index (χ0v) is 15.9. The Labute approximate surface area is 161 Å². The lowest BCUT2D eigenvalue weighted by atomic mass is 10.2. The molecule has 0 saturated heterocycles. The minimum absolute atomic E-state index is 0.00243. The van der Waals surface area contributed by atoms with Crippen molar-refractivity contribution in [3.05, 3.63) is 74.4 Å². The van der Waals surface area contributed by atoms with Crippen LogP contribution < -0.4 is 3.98 Å². The van der Waals surface area contributed by atoms with E-state index in [1.807, 2.05) is 70.3 Å². The average Bonchev–Trinajstić information content (AvgIpc) is 3.39. The molecule has 0 fully saturated rings. The maximum absolute atomic E-state index is 12.3. The molecule has 130 valence electrons. The lowest BCUT2D eigenvalue weighted by Gasteiger charge is -2.07. The minimum atomic E-state index is -0.281. The quantitative estimate of drug-likeness (QED) is 0.494. The van der Waals surface area contributed by atoms with Crippen LogP contribution in [0.25, 0.3) is 11.4 Å². The van der Waals surface area contributed by atoms with E-state index in [4.69, 9.17) is 12.2 Å². The fourth-order valence-corrected chi connectivity index (χ4v) is 4.28. The monoisotopic (exact) mass is 399 g/mol. The van der Waals surface area contributed by atoms with Crippen LogP contribution in [-0.4, -0.2) is 25.0 Å². The van der Waals surface area contributed by atoms with E-state index >= 15 is 0 Å². The Kier molecular flexibility index (Phi) is 4.74. The Morgan fingerprint density at radius 3 is 2.46 bits per heavy atom. The lowest BCUT2D eigenvalue weighted by molar-refractivity contribution is -0.118. The summed E-state index contributed by atoms with van der Waals surface area (Å²) in [4.78, 5) is 16.4. The molecule has 0 unspecified atom stereocenters. The number of nitrogens with zero attached hydrogens (tertiary/aromatic N) is 5. The minimum Gasteiger partial charge on any atom is -0.270 e. The highest BCUT2D eigenvalue weighted by molar-refractivity contribution is 7.71. The van der Waals surface area contributed by atoms with Crippen LogP contribution in [0, 0.1) is 4.77 Å². The highest BCUT2D eigenvalue weighted by atomic mass is 32.2. The van der Waals surface area contributed by atoms with E-state index in [9.17, 15) is 4.79 Å². The SMILES string of the molecule is O=C(Cn1nc(-c2ccccc2)n(-n2cccc2)c1=S)N=c1sccs1. The molecule has 3 aromatic heterocycles. The summed E-state index contributed by atoms with van der Waals surface area (Å²) in [6.07, 6.45) is 3.77. The van der Waals surface area contributed by atoms with Crippen LogP contribution in [0.15, 0.2) is 70.6 Å². The number of rotatable bonds is 4. The van der Waals surface area contributed by atoms with Gasteiger partial charge in [0.15, 0.2) is 9.81 Å². The highest BCUT2D eigenvalue weighted by Crippen LogP contribution is 2.18. The summed E-state index contributed by atoms with van der Waals surface area (Å²) in [6, 6.07) is 13.6. The summed E-state index contributed by atoms with van der Waals surface area (Å²) in [6.45, 7) is -0.00243. The molecule has 4 aromatic rings. The average molecular weight is 400 g/mol. The van der Waals surface area contributed by atoms with Crippen molar-refractivity contribution < 1.29 is 4.79 Å². The van der Waals surface area contributed by atoms with Gasteiger partial charge in [-0.3, -0.25) is 9.47 Å². The molecule has 1 aromatic carbocycles. The van der Waals surface area contributed by atoms with E-state index in [2.05, 4.69) is 10.1 Å². The van der Waals surface area contributed by atoms with Gasteiger partial charge in [-0.15, -0.1) is 27.8 Å². The van der Waals surface area contributed by atoms with E-state index in [-0.39, 0.29) is 12.5 Å². The number of carbonyl (C=O) groups excluding carboxylic acids is 1. The van der Waals surface area contributed by atoms with E-state index in [0.717, 1.165) is 9.55 Å². The van der Waals surface area contributed by atoms with Crippen LogP contribution in [0.4, 0.5) is 0 Å². The normalized spacial score (nSPS) is 10.8. The third kappa shape index (κ3) is 3.36. The maximum Gasteiger partial charge on any atom is 0.269 e. The van der Waals surface area contributed by atoms with Gasteiger partial charge in [0, 0.05) is 28.7 Å². The van der Waals surface area contributed by atoms with Crippen LogP contribution in [-0.2, 0) is 11.3 Å². The number of amides is 1. The fraction of sp³-hybridized carbons (Fsp3) is 0.0588. The van der Waals surface area contributed by atoms with Crippen molar-refractivity contribution in [2.24, 2.45) is 4.99 Å². The molecule has 1 amide bonds. The Morgan fingerprint density at radius 1 is 1.08 bits per heavy atom. The zero-order valence-electron chi connectivity index (χ0n) is 13.4. The van der Waals surface area contributed by atoms with Gasteiger partial charge < -0.3 is 0 Å². The summed E-state index contributed by atoms with van der Waals surface area (Å²) in [7, 11) is 0. The van der Waals surface area contributed by atoms with Gasteiger partial charge in [-0.1, -0.05) is 30.3 Å². The molecule has 0 spiro atoms. The number of aromatic nitrogens is 4. The molecule has 26 heavy (non-hydrogen) atoms. The molecule has 0 bridgehead atoms. The fourth-order valence-electron chi connectivity index (χ4n) is 2.45. The van der Waals surface area contributed by atoms with Crippen LogP contribution >= 0.6 is 34.9 Å². The molecule has 9 heteroatoms. The molecule has 3 heterocycles. The lowest BCUT2D eigenvalue weighted by Crippen LogP contribution is -2.13. The first kappa shape index (κ1) is 16.8. The van der Waals surface area contributed by atoms with E-state index in [0.29, 0.717) is 10.6 Å². The molecule has 4 rings (SSSR count). The molecule has 0 aliphatic heterocycles. The number of hydrogen-bond donors (Lipinski definition) is 0. The topological polar surface area (TPSA) is 57.1 Å². The second-order valence-electron chi connectivity index (χ2n) is 5.28. The third-order valence-electron chi connectivity index (χ3n) is 3.56. The standard InChI is InChI=1S/C17H13N5OS3/c23-14(18-16-25-10-11-26-16)12-21-17(24)22(20-8-4-5-9-20)15(19-21)13-6-2-1-3-7-13/h1-11H,12H2. The van der Waals surface area contributed by atoms with Crippen molar-refractivity contribution in [1.29, 1.82) is 0 Å². The summed E-state index contributed by atoms with van der Waals surface area (Å²) >= 11 is 8.45. The number of benzene rings is 1. The molecular formula is C17H13N5OS3. The van der Waals surface area contributed by atoms with Crippen LogP contribution in [0.3, 0.4) is 0 Å². The molecule has 0 saturated carbocycles. The van der Waals surface area contributed by atoms with E-state index in [1.54, 1.807) is 4.68 Å². The molecular weight excluding hydrogens is 386 g/mol.